The molecular formula is C15H21ClO2. The van der Waals surface area contributed by atoms with Crippen molar-refractivity contribution >= 4 is 11.6 Å². The van der Waals surface area contributed by atoms with Crippen molar-refractivity contribution in [1.82, 2.24) is 0 Å². The molecule has 3 heteroatoms. The van der Waals surface area contributed by atoms with Crippen LogP contribution in [0.2, 0.25) is 0 Å². The predicted molar refractivity (Wildman–Crippen MR) is 75.0 cm³/mol. The van der Waals surface area contributed by atoms with Crippen LogP contribution in [0.4, 0.5) is 0 Å². The highest BCUT2D eigenvalue weighted by atomic mass is 35.5. The van der Waals surface area contributed by atoms with Crippen LogP contribution in [0.1, 0.15) is 37.7 Å². The molecule has 2 nitrogen and oxygen atoms in total. The van der Waals surface area contributed by atoms with E-state index in [2.05, 4.69) is 12.1 Å². The molecule has 0 atom stereocenters. The molecule has 100 valence electrons. The minimum atomic E-state index is 0.124. The standard InChI is InChI=1S/C15H21ClO2/c1-17-13-7-6-12(10-14(13)18-2)15(11-16)8-4-3-5-9-15/h6-7,10H,3-5,8-9,11H2,1-2H3. The van der Waals surface area contributed by atoms with Gasteiger partial charge in [-0.25, -0.2) is 0 Å². The van der Waals surface area contributed by atoms with Crippen LogP contribution in [-0.4, -0.2) is 20.1 Å². The van der Waals surface area contributed by atoms with Crippen LogP contribution in [0.3, 0.4) is 0 Å². The second kappa shape index (κ2) is 5.83. The van der Waals surface area contributed by atoms with E-state index in [4.69, 9.17) is 21.1 Å². The zero-order chi connectivity index (χ0) is 13.0. The van der Waals surface area contributed by atoms with Crippen LogP contribution in [0.25, 0.3) is 0 Å². The fourth-order valence-corrected chi connectivity index (χ4v) is 3.32. The van der Waals surface area contributed by atoms with Gasteiger partial charge in [-0.2, -0.15) is 0 Å². The van der Waals surface area contributed by atoms with Gasteiger partial charge in [-0.05, 0) is 30.5 Å². The van der Waals surface area contributed by atoms with Crippen molar-refractivity contribution in [3.05, 3.63) is 23.8 Å². The summed E-state index contributed by atoms with van der Waals surface area (Å²) in [6, 6.07) is 6.21. The highest BCUT2D eigenvalue weighted by molar-refractivity contribution is 6.18. The van der Waals surface area contributed by atoms with Gasteiger partial charge in [0.15, 0.2) is 11.5 Å². The van der Waals surface area contributed by atoms with E-state index in [1.165, 1.54) is 37.7 Å². The van der Waals surface area contributed by atoms with Crippen molar-refractivity contribution in [3.8, 4) is 11.5 Å². The third kappa shape index (κ3) is 2.44. The fraction of sp³-hybridized carbons (Fsp3) is 0.600. The zero-order valence-electron chi connectivity index (χ0n) is 11.2. The van der Waals surface area contributed by atoms with E-state index < -0.39 is 0 Å². The van der Waals surface area contributed by atoms with E-state index in [1.807, 2.05) is 6.07 Å². The Bertz CT molecular complexity index is 397. The number of hydrogen-bond donors (Lipinski definition) is 0. The van der Waals surface area contributed by atoms with E-state index in [1.54, 1.807) is 14.2 Å². The Kier molecular flexibility index (Phi) is 4.39. The summed E-state index contributed by atoms with van der Waals surface area (Å²) >= 11 is 6.27. The maximum Gasteiger partial charge on any atom is 0.161 e. The number of methoxy groups -OCH3 is 2. The van der Waals surface area contributed by atoms with Crippen molar-refractivity contribution < 1.29 is 9.47 Å². The molecule has 0 spiro atoms. The lowest BCUT2D eigenvalue weighted by molar-refractivity contribution is 0.318. The molecule has 1 aromatic rings. The number of benzene rings is 1. The van der Waals surface area contributed by atoms with Crippen molar-refractivity contribution in [2.24, 2.45) is 0 Å². The molecule has 0 radical (unpaired) electrons. The normalized spacial score (nSPS) is 18.4. The molecule has 2 rings (SSSR count). The number of hydrogen-bond acceptors (Lipinski definition) is 2. The summed E-state index contributed by atoms with van der Waals surface area (Å²) < 4.78 is 10.7. The Balaban J connectivity index is 2.36. The Hall–Kier alpha value is -0.890. The molecule has 1 aliphatic carbocycles. The van der Waals surface area contributed by atoms with E-state index >= 15 is 0 Å². The first-order valence-corrected chi connectivity index (χ1v) is 7.08. The largest absolute Gasteiger partial charge is 0.493 e. The molecule has 0 heterocycles. The Morgan fingerprint density at radius 3 is 2.28 bits per heavy atom. The molecule has 1 fully saturated rings. The van der Waals surface area contributed by atoms with Gasteiger partial charge in [-0.1, -0.05) is 25.3 Å². The van der Waals surface area contributed by atoms with Crippen molar-refractivity contribution in [1.29, 1.82) is 0 Å². The monoisotopic (exact) mass is 268 g/mol. The molecule has 0 amide bonds. The molecule has 1 aromatic carbocycles. The number of alkyl halides is 1. The summed E-state index contributed by atoms with van der Waals surface area (Å²) in [5.41, 5.74) is 1.41. The maximum absolute atomic E-state index is 6.27. The van der Waals surface area contributed by atoms with E-state index in [-0.39, 0.29) is 5.41 Å². The molecule has 0 aromatic heterocycles. The maximum atomic E-state index is 6.27. The van der Waals surface area contributed by atoms with E-state index in [0.717, 1.165) is 11.5 Å². The van der Waals surface area contributed by atoms with Gasteiger partial charge in [-0.15, -0.1) is 11.6 Å². The molecular weight excluding hydrogens is 248 g/mol. The molecule has 18 heavy (non-hydrogen) atoms. The van der Waals surface area contributed by atoms with Gasteiger partial charge in [0.2, 0.25) is 0 Å². The summed E-state index contributed by atoms with van der Waals surface area (Å²) in [6.45, 7) is 0. The minimum Gasteiger partial charge on any atom is -0.493 e. The predicted octanol–water partition coefficient (Wildman–Crippen LogP) is 4.14. The topological polar surface area (TPSA) is 18.5 Å². The number of ether oxygens (including phenoxy) is 2. The first-order valence-electron chi connectivity index (χ1n) is 6.54. The third-order valence-corrected chi connectivity index (χ3v) is 4.57. The van der Waals surface area contributed by atoms with Gasteiger partial charge in [0.05, 0.1) is 14.2 Å². The summed E-state index contributed by atoms with van der Waals surface area (Å²) in [4.78, 5) is 0. The van der Waals surface area contributed by atoms with Gasteiger partial charge >= 0.3 is 0 Å². The first kappa shape index (κ1) is 13.5. The Morgan fingerprint density at radius 1 is 1.06 bits per heavy atom. The molecule has 1 saturated carbocycles. The molecule has 1 aliphatic rings. The summed E-state index contributed by atoms with van der Waals surface area (Å²) in [7, 11) is 3.34. The summed E-state index contributed by atoms with van der Waals surface area (Å²) in [5.74, 6) is 2.26. The van der Waals surface area contributed by atoms with Gasteiger partial charge in [0.25, 0.3) is 0 Å². The smallest absolute Gasteiger partial charge is 0.161 e. The van der Waals surface area contributed by atoms with Crippen LogP contribution in [-0.2, 0) is 5.41 Å². The lowest BCUT2D eigenvalue weighted by Crippen LogP contribution is -2.30. The lowest BCUT2D eigenvalue weighted by Gasteiger charge is -2.36. The highest BCUT2D eigenvalue weighted by Crippen LogP contribution is 2.42. The second-order valence-corrected chi connectivity index (χ2v) is 5.31. The molecule has 0 bridgehead atoms. The van der Waals surface area contributed by atoms with E-state index in [0.29, 0.717) is 5.88 Å². The van der Waals surface area contributed by atoms with Crippen molar-refractivity contribution in [2.75, 3.05) is 20.1 Å². The molecule has 0 saturated heterocycles. The fourth-order valence-electron chi connectivity index (χ4n) is 2.89. The highest BCUT2D eigenvalue weighted by Gasteiger charge is 2.33. The summed E-state index contributed by atoms with van der Waals surface area (Å²) in [5, 5.41) is 0. The summed E-state index contributed by atoms with van der Waals surface area (Å²) in [6.07, 6.45) is 6.20. The minimum absolute atomic E-state index is 0.124. The molecule has 0 unspecified atom stereocenters. The molecule has 0 N–H and O–H groups in total. The first-order chi connectivity index (χ1) is 8.75. The third-order valence-electron chi connectivity index (χ3n) is 4.06. The van der Waals surface area contributed by atoms with Crippen LogP contribution in [0, 0.1) is 0 Å². The van der Waals surface area contributed by atoms with Crippen LogP contribution >= 0.6 is 11.6 Å². The average Bonchev–Trinajstić information content (AvgIpc) is 2.47. The van der Waals surface area contributed by atoms with E-state index in [9.17, 15) is 0 Å². The quantitative estimate of drug-likeness (QED) is 0.764. The Labute approximate surface area is 114 Å². The van der Waals surface area contributed by atoms with Crippen LogP contribution in [0.5, 0.6) is 11.5 Å². The average molecular weight is 269 g/mol. The van der Waals surface area contributed by atoms with Crippen LogP contribution in [0.15, 0.2) is 18.2 Å². The number of rotatable bonds is 4. The Morgan fingerprint density at radius 2 is 1.72 bits per heavy atom. The van der Waals surface area contributed by atoms with Crippen LogP contribution < -0.4 is 9.47 Å². The second-order valence-electron chi connectivity index (χ2n) is 5.04. The van der Waals surface area contributed by atoms with Gasteiger partial charge in [0.1, 0.15) is 0 Å². The van der Waals surface area contributed by atoms with Gasteiger partial charge in [-0.3, -0.25) is 0 Å². The van der Waals surface area contributed by atoms with Gasteiger partial charge < -0.3 is 9.47 Å². The zero-order valence-corrected chi connectivity index (χ0v) is 11.9. The number of halogens is 1. The van der Waals surface area contributed by atoms with Crippen molar-refractivity contribution in [3.63, 3.8) is 0 Å². The lowest BCUT2D eigenvalue weighted by atomic mass is 9.71. The molecule has 0 aliphatic heterocycles. The van der Waals surface area contributed by atoms with Crippen molar-refractivity contribution in [2.45, 2.75) is 37.5 Å². The SMILES string of the molecule is COc1ccc(C2(CCl)CCCCC2)cc1OC. The van der Waals surface area contributed by atoms with Gasteiger partial charge in [0, 0.05) is 11.3 Å².